The summed E-state index contributed by atoms with van der Waals surface area (Å²) >= 11 is 1.72. The summed E-state index contributed by atoms with van der Waals surface area (Å²) in [5.41, 5.74) is 2.25. The lowest BCUT2D eigenvalue weighted by Crippen LogP contribution is -2.40. The van der Waals surface area contributed by atoms with Gasteiger partial charge in [0.15, 0.2) is 0 Å². The number of carbonyl (C=O) groups excluding carboxylic acids is 1. The van der Waals surface area contributed by atoms with E-state index >= 15 is 0 Å². The summed E-state index contributed by atoms with van der Waals surface area (Å²) < 4.78 is 0. The van der Waals surface area contributed by atoms with Crippen LogP contribution in [0.2, 0.25) is 0 Å². The Bertz CT molecular complexity index is 801. The Morgan fingerprint density at radius 2 is 2.08 bits per heavy atom. The number of benzene rings is 1. The van der Waals surface area contributed by atoms with Crippen LogP contribution < -0.4 is 5.32 Å². The molecule has 0 fully saturated rings. The molecule has 1 heterocycles. The number of thiazole rings is 1. The van der Waals surface area contributed by atoms with Crippen molar-refractivity contribution in [2.24, 2.45) is 0 Å². The molecule has 2 N–H and O–H groups in total. The van der Waals surface area contributed by atoms with E-state index in [1.165, 1.54) is 4.88 Å². The van der Waals surface area contributed by atoms with Gasteiger partial charge in [-0.25, -0.2) is 14.6 Å². The number of hydrogen-bond acceptors (Lipinski definition) is 4. The summed E-state index contributed by atoms with van der Waals surface area (Å²) in [7, 11) is 1.83. The summed E-state index contributed by atoms with van der Waals surface area (Å²) in [6.07, 6.45) is 3.91. The van der Waals surface area contributed by atoms with Crippen molar-refractivity contribution in [1.29, 1.82) is 0 Å². The van der Waals surface area contributed by atoms with Gasteiger partial charge in [-0.3, -0.25) is 0 Å². The number of nitrogens with one attached hydrogen (secondary N) is 1. The molecule has 6 nitrogen and oxygen atoms in total. The number of carbonyl (C=O) groups is 2. The van der Waals surface area contributed by atoms with E-state index in [4.69, 9.17) is 5.11 Å². The second-order valence-corrected chi connectivity index (χ2v) is 7.57. The van der Waals surface area contributed by atoms with Crippen molar-refractivity contribution in [2.45, 2.75) is 45.2 Å². The fraction of sp³-hybridized carbons (Fsp3) is 0.421. The fourth-order valence-corrected chi connectivity index (χ4v) is 4.41. The number of carboxylic acid groups (broad SMARTS) is 1. The maximum atomic E-state index is 12.6. The second-order valence-electron chi connectivity index (χ2n) is 6.45. The van der Waals surface area contributed by atoms with Crippen LogP contribution in [-0.4, -0.2) is 34.0 Å². The first-order valence-corrected chi connectivity index (χ1v) is 9.62. The molecule has 1 aliphatic rings. The van der Waals surface area contributed by atoms with Crippen molar-refractivity contribution in [3.05, 3.63) is 51.0 Å². The third-order valence-electron chi connectivity index (χ3n) is 4.70. The van der Waals surface area contributed by atoms with Gasteiger partial charge in [0.05, 0.1) is 27.2 Å². The van der Waals surface area contributed by atoms with Gasteiger partial charge in [-0.2, -0.15) is 0 Å². The van der Waals surface area contributed by atoms with Crippen LogP contribution in [0.3, 0.4) is 0 Å². The quantitative estimate of drug-likeness (QED) is 0.838. The number of amides is 2. The van der Waals surface area contributed by atoms with Gasteiger partial charge in [-0.05, 0) is 43.4 Å². The van der Waals surface area contributed by atoms with E-state index in [9.17, 15) is 9.59 Å². The lowest BCUT2D eigenvalue weighted by molar-refractivity contribution is 0.0697. The van der Waals surface area contributed by atoms with E-state index in [1.54, 1.807) is 40.5 Å². The highest BCUT2D eigenvalue weighted by atomic mass is 32.1. The van der Waals surface area contributed by atoms with Crippen molar-refractivity contribution >= 4 is 23.3 Å². The second kappa shape index (κ2) is 7.86. The summed E-state index contributed by atoms with van der Waals surface area (Å²) in [6, 6.07) is 6.48. The zero-order valence-corrected chi connectivity index (χ0v) is 15.8. The maximum absolute atomic E-state index is 12.6. The number of carboxylic acids is 1. The minimum Gasteiger partial charge on any atom is -0.478 e. The maximum Gasteiger partial charge on any atom is 0.335 e. The number of aromatic carboxylic acids is 1. The van der Waals surface area contributed by atoms with Crippen molar-refractivity contribution in [3.8, 4) is 0 Å². The smallest absolute Gasteiger partial charge is 0.335 e. The molecule has 1 atom stereocenters. The van der Waals surface area contributed by atoms with E-state index in [0.29, 0.717) is 6.54 Å². The fourth-order valence-electron chi connectivity index (χ4n) is 3.18. The standard InChI is InChI=1S/C19H23N3O3S/c1-3-16-21-14-5-4-6-15(17(14)26-16)22(2)19(25)20-11-12-7-9-13(10-8-12)18(23)24/h7-10,15H,3-6,11H2,1-2H3,(H,20,25)(H,23,24). The third-order valence-corrected chi connectivity index (χ3v) is 6.04. The molecule has 3 rings (SSSR count). The third kappa shape index (κ3) is 3.88. The lowest BCUT2D eigenvalue weighted by atomic mass is 9.97. The zero-order valence-electron chi connectivity index (χ0n) is 15.0. The minimum absolute atomic E-state index is 0.0749. The number of aryl methyl sites for hydroxylation is 2. The minimum atomic E-state index is -0.954. The van der Waals surface area contributed by atoms with E-state index in [1.807, 2.05) is 7.05 Å². The molecule has 2 amide bonds. The Balaban J connectivity index is 1.63. The van der Waals surface area contributed by atoms with Gasteiger partial charge in [0, 0.05) is 13.6 Å². The van der Waals surface area contributed by atoms with E-state index in [2.05, 4.69) is 17.2 Å². The lowest BCUT2D eigenvalue weighted by Gasteiger charge is -2.30. The summed E-state index contributed by atoms with van der Waals surface area (Å²) in [4.78, 5) is 31.1. The monoisotopic (exact) mass is 373 g/mol. The van der Waals surface area contributed by atoms with Crippen LogP contribution in [-0.2, 0) is 19.4 Å². The largest absolute Gasteiger partial charge is 0.478 e. The Kier molecular flexibility index (Phi) is 5.56. The van der Waals surface area contributed by atoms with Gasteiger partial charge in [0.2, 0.25) is 0 Å². The molecule has 26 heavy (non-hydrogen) atoms. The first-order valence-electron chi connectivity index (χ1n) is 8.81. The van der Waals surface area contributed by atoms with Crippen molar-refractivity contribution in [2.75, 3.05) is 7.05 Å². The highest BCUT2D eigenvalue weighted by Crippen LogP contribution is 2.37. The van der Waals surface area contributed by atoms with Crippen LogP contribution in [0, 0.1) is 0 Å². The molecule has 1 unspecified atom stereocenters. The predicted molar refractivity (Wildman–Crippen MR) is 101 cm³/mol. The van der Waals surface area contributed by atoms with Crippen LogP contribution >= 0.6 is 11.3 Å². The molecular formula is C19H23N3O3S. The molecule has 0 saturated heterocycles. The molecule has 0 spiro atoms. The van der Waals surface area contributed by atoms with Gasteiger partial charge < -0.3 is 15.3 Å². The van der Waals surface area contributed by atoms with Gasteiger partial charge in [0.25, 0.3) is 0 Å². The van der Waals surface area contributed by atoms with Crippen molar-refractivity contribution < 1.29 is 14.7 Å². The zero-order chi connectivity index (χ0) is 18.7. The summed E-state index contributed by atoms with van der Waals surface area (Å²) in [5, 5.41) is 13.0. The van der Waals surface area contributed by atoms with Crippen LogP contribution in [0.1, 0.15) is 57.3 Å². The number of rotatable bonds is 5. The number of fused-ring (bicyclic) bond motifs is 1. The Hall–Kier alpha value is -2.41. The van der Waals surface area contributed by atoms with E-state index in [0.717, 1.165) is 41.9 Å². The van der Waals surface area contributed by atoms with Gasteiger partial charge >= 0.3 is 12.0 Å². The molecule has 0 saturated carbocycles. The molecule has 7 heteroatoms. The molecule has 0 radical (unpaired) electrons. The molecule has 2 aromatic rings. The van der Waals surface area contributed by atoms with Gasteiger partial charge in [-0.1, -0.05) is 19.1 Å². The van der Waals surface area contributed by atoms with E-state index < -0.39 is 5.97 Å². The van der Waals surface area contributed by atoms with Crippen molar-refractivity contribution in [1.82, 2.24) is 15.2 Å². The number of nitrogens with zero attached hydrogens (tertiary/aromatic N) is 2. The normalized spacial score (nSPS) is 16.0. The van der Waals surface area contributed by atoms with Crippen LogP contribution in [0.4, 0.5) is 4.79 Å². The number of hydrogen-bond donors (Lipinski definition) is 2. The summed E-state index contributed by atoms with van der Waals surface area (Å²) in [6.45, 7) is 2.47. The highest BCUT2D eigenvalue weighted by molar-refractivity contribution is 7.11. The number of urea groups is 1. The highest BCUT2D eigenvalue weighted by Gasteiger charge is 2.29. The molecule has 1 aromatic carbocycles. The van der Waals surface area contributed by atoms with Crippen LogP contribution in [0.5, 0.6) is 0 Å². The topological polar surface area (TPSA) is 82.5 Å². The molecule has 1 aromatic heterocycles. The van der Waals surface area contributed by atoms with Crippen LogP contribution in [0.15, 0.2) is 24.3 Å². The average molecular weight is 373 g/mol. The Morgan fingerprint density at radius 1 is 1.35 bits per heavy atom. The Labute approximate surface area is 156 Å². The molecular weight excluding hydrogens is 350 g/mol. The number of aromatic nitrogens is 1. The first-order chi connectivity index (χ1) is 12.5. The predicted octanol–water partition coefficient (Wildman–Crippen LogP) is 3.62. The molecule has 0 aliphatic heterocycles. The van der Waals surface area contributed by atoms with Gasteiger partial charge in [0.1, 0.15) is 0 Å². The molecule has 138 valence electrons. The van der Waals surface area contributed by atoms with Crippen LogP contribution in [0.25, 0.3) is 0 Å². The van der Waals surface area contributed by atoms with Gasteiger partial charge in [-0.15, -0.1) is 11.3 Å². The van der Waals surface area contributed by atoms with Crippen molar-refractivity contribution in [3.63, 3.8) is 0 Å². The molecule has 1 aliphatic carbocycles. The molecule has 0 bridgehead atoms. The van der Waals surface area contributed by atoms with E-state index in [-0.39, 0.29) is 17.6 Å². The first kappa shape index (κ1) is 18.4. The SMILES string of the molecule is CCc1nc2c(s1)C(N(C)C(=O)NCc1ccc(C(=O)O)cc1)CCC2. The average Bonchev–Trinajstić information content (AvgIpc) is 3.09. The summed E-state index contributed by atoms with van der Waals surface area (Å²) in [5.74, 6) is -0.954. The Morgan fingerprint density at radius 3 is 2.73 bits per heavy atom.